The Balaban J connectivity index is 2.16. The molecular formula is C14H16N4O. The summed E-state index contributed by atoms with van der Waals surface area (Å²) in [5, 5.41) is 16.8. The second-order valence-corrected chi connectivity index (χ2v) is 4.84. The van der Waals surface area contributed by atoms with Gasteiger partial charge in [0.1, 0.15) is 11.9 Å². The first-order valence-electron chi connectivity index (χ1n) is 6.26. The SMILES string of the molecule is Cc1n[nH]c(C)c1-c1ccc2nc([C@@H](C)O)[nH]c2c1. The molecule has 3 rings (SSSR count). The van der Waals surface area contributed by atoms with Gasteiger partial charge in [-0.25, -0.2) is 4.98 Å². The van der Waals surface area contributed by atoms with E-state index in [9.17, 15) is 5.11 Å². The molecule has 3 N–H and O–H groups in total. The van der Waals surface area contributed by atoms with Gasteiger partial charge in [-0.3, -0.25) is 5.10 Å². The molecule has 3 aromatic rings. The van der Waals surface area contributed by atoms with E-state index in [0.717, 1.165) is 33.5 Å². The largest absolute Gasteiger partial charge is 0.385 e. The predicted octanol–water partition coefficient (Wildman–Crippen LogP) is 2.62. The van der Waals surface area contributed by atoms with Crippen molar-refractivity contribution in [3.05, 3.63) is 35.4 Å². The number of H-pyrrole nitrogens is 2. The highest BCUT2D eigenvalue weighted by Gasteiger charge is 2.12. The number of imidazole rings is 1. The molecule has 1 aromatic carbocycles. The molecule has 5 heteroatoms. The maximum Gasteiger partial charge on any atom is 0.135 e. The first-order chi connectivity index (χ1) is 9.06. The van der Waals surface area contributed by atoms with Crippen LogP contribution in [0.1, 0.15) is 30.2 Å². The van der Waals surface area contributed by atoms with Crippen LogP contribution in [-0.4, -0.2) is 25.3 Å². The average Bonchev–Trinajstić information content (AvgIpc) is 2.92. The Morgan fingerprint density at radius 2 is 2.05 bits per heavy atom. The van der Waals surface area contributed by atoms with Crippen LogP contribution in [0.25, 0.3) is 22.2 Å². The number of aromatic amines is 2. The van der Waals surface area contributed by atoms with Gasteiger partial charge in [-0.15, -0.1) is 0 Å². The highest BCUT2D eigenvalue weighted by molar-refractivity contribution is 5.83. The van der Waals surface area contributed by atoms with E-state index in [-0.39, 0.29) is 0 Å². The topological polar surface area (TPSA) is 77.6 Å². The highest BCUT2D eigenvalue weighted by Crippen LogP contribution is 2.28. The Labute approximate surface area is 110 Å². The normalized spacial score (nSPS) is 13.1. The third kappa shape index (κ3) is 1.92. The van der Waals surface area contributed by atoms with Gasteiger partial charge < -0.3 is 10.1 Å². The number of rotatable bonds is 2. The van der Waals surface area contributed by atoms with Crippen molar-refractivity contribution < 1.29 is 5.11 Å². The second kappa shape index (κ2) is 4.20. The minimum atomic E-state index is -0.590. The molecule has 2 heterocycles. The number of aliphatic hydroxyl groups is 1. The minimum Gasteiger partial charge on any atom is -0.385 e. The van der Waals surface area contributed by atoms with Crippen LogP contribution in [0.3, 0.4) is 0 Å². The zero-order valence-corrected chi connectivity index (χ0v) is 11.2. The van der Waals surface area contributed by atoms with E-state index in [1.807, 2.05) is 32.0 Å². The summed E-state index contributed by atoms with van der Waals surface area (Å²) in [5.41, 5.74) is 6.03. The zero-order valence-electron chi connectivity index (χ0n) is 11.2. The van der Waals surface area contributed by atoms with E-state index in [2.05, 4.69) is 20.2 Å². The Bertz CT molecular complexity index is 720. The average molecular weight is 256 g/mol. The number of aromatic nitrogens is 4. The summed E-state index contributed by atoms with van der Waals surface area (Å²) >= 11 is 0. The van der Waals surface area contributed by atoms with E-state index in [0.29, 0.717) is 5.82 Å². The third-order valence-corrected chi connectivity index (χ3v) is 3.31. The Kier molecular flexibility index (Phi) is 2.64. The number of hydrogen-bond donors (Lipinski definition) is 3. The van der Waals surface area contributed by atoms with Crippen LogP contribution in [0.4, 0.5) is 0 Å². The van der Waals surface area contributed by atoms with Gasteiger partial charge in [0.15, 0.2) is 0 Å². The summed E-state index contributed by atoms with van der Waals surface area (Å²) in [4.78, 5) is 7.50. The Morgan fingerprint density at radius 3 is 2.68 bits per heavy atom. The number of aryl methyl sites for hydroxylation is 2. The Hall–Kier alpha value is -2.14. The monoisotopic (exact) mass is 256 g/mol. The molecule has 0 saturated heterocycles. The number of nitrogens with one attached hydrogen (secondary N) is 2. The van der Waals surface area contributed by atoms with Crippen molar-refractivity contribution in [2.75, 3.05) is 0 Å². The van der Waals surface area contributed by atoms with Crippen molar-refractivity contribution in [2.24, 2.45) is 0 Å². The van der Waals surface area contributed by atoms with E-state index >= 15 is 0 Å². The lowest BCUT2D eigenvalue weighted by molar-refractivity contribution is 0.190. The van der Waals surface area contributed by atoms with Gasteiger partial charge >= 0.3 is 0 Å². The molecule has 0 radical (unpaired) electrons. The summed E-state index contributed by atoms with van der Waals surface area (Å²) < 4.78 is 0. The molecule has 2 aromatic heterocycles. The van der Waals surface area contributed by atoms with Crippen LogP contribution in [0.15, 0.2) is 18.2 Å². The van der Waals surface area contributed by atoms with Crippen LogP contribution >= 0.6 is 0 Å². The van der Waals surface area contributed by atoms with E-state index in [4.69, 9.17) is 0 Å². The third-order valence-electron chi connectivity index (χ3n) is 3.31. The Morgan fingerprint density at radius 1 is 1.26 bits per heavy atom. The molecular weight excluding hydrogens is 240 g/mol. The molecule has 0 bridgehead atoms. The molecule has 0 aliphatic carbocycles. The molecule has 0 fully saturated rings. The lowest BCUT2D eigenvalue weighted by Gasteiger charge is -2.01. The van der Waals surface area contributed by atoms with Gasteiger partial charge in [0, 0.05) is 11.3 Å². The number of hydrogen-bond acceptors (Lipinski definition) is 3. The standard InChI is InChI=1S/C14H16N4O/c1-7-13(8(2)18-17-7)10-4-5-11-12(6-10)16-14(15-11)9(3)19/h4-6,9,19H,1-3H3,(H,15,16)(H,17,18)/t9-/m1/s1. The zero-order chi connectivity index (χ0) is 13.6. The van der Waals surface area contributed by atoms with Crippen molar-refractivity contribution in [3.8, 4) is 11.1 Å². The summed E-state index contributed by atoms with van der Waals surface area (Å²) in [6.07, 6.45) is -0.590. The van der Waals surface area contributed by atoms with Crippen molar-refractivity contribution in [2.45, 2.75) is 26.9 Å². The van der Waals surface area contributed by atoms with Crippen LogP contribution in [0.5, 0.6) is 0 Å². The summed E-state index contributed by atoms with van der Waals surface area (Å²) in [6, 6.07) is 6.03. The van der Waals surface area contributed by atoms with Gasteiger partial charge in [0.25, 0.3) is 0 Å². The predicted molar refractivity (Wildman–Crippen MR) is 73.8 cm³/mol. The van der Waals surface area contributed by atoms with E-state index in [1.165, 1.54) is 0 Å². The number of nitrogens with zero attached hydrogens (tertiary/aromatic N) is 2. The van der Waals surface area contributed by atoms with Gasteiger partial charge in [0.2, 0.25) is 0 Å². The molecule has 1 atom stereocenters. The fourth-order valence-electron chi connectivity index (χ4n) is 2.36. The fraction of sp³-hybridized carbons (Fsp3) is 0.286. The van der Waals surface area contributed by atoms with Crippen LogP contribution < -0.4 is 0 Å². The molecule has 0 unspecified atom stereocenters. The lowest BCUT2D eigenvalue weighted by atomic mass is 10.0. The fourth-order valence-corrected chi connectivity index (χ4v) is 2.36. The van der Waals surface area contributed by atoms with Crippen molar-refractivity contribution >= 4 is 11.0 Å². The van der Waals surface area contributed by atoms with Crippen molar-refractivity contribution in [1.82, 2.24) is 20.2 Å². The summed E-state index contributed by atoms with van der Waals surface area (Å²) in [5.74, 6) is 0.591. The van der Waals surface area contributed by atoms with Crippen LogP contribution in [-0.2, 0) is 0 Å². The second-order valence-electron chi connectivity index (χ2n) is 4.84. The molecule has 5 nitrogen and oxygen atoms in total. The minimum absolute atomic E-state index is 0.590. The molecule has 0 amide bonds. The van der Waals surface area contributed by atoms with Crippen molar-refractivity contribution in [1.29, 1.82) is 0 Å². The smallest absolute Gasteiger partial charge is 0.135 e. The molecule has 98 valence electrons. The highest BCUT2D eigenvalue weighted by atomic mass is 16.3. The first kappa shape index (κ1) is 11.9. The molecule has 0 aliphatic heterocycles. The molecule has 0 saturated carbocycles. The maximum absolute atomic E-state index is 9.56. The summed E-state index contributed by atoms with van der Waals surface area (Å²) in [7, 11) is 0. The maximum atomic E-state index is 9.56. The van der Waals surface area contributed by atoms with Gasteiger partial charge in [-0.2, -0.15) is 5.10 Å². The lowest BCUT2D eigenvalue weighted by Crippen LogP contribution is -1.92. The first-order valence-corrected chi connectivity index (χ1v) is 6.26. The van der Waals surface area contributed by atoms with Gasteiger partial charge in [0.05, 0.1) is 16.7 Å². The van der Waals surface area contributed by atoms with Gasteiger partial charge in [-0.05, 0) is 38.5 Å². The quantitative estimate of drug-likeness (QED) is 0.659. The molecule has 19 heavy (non-hydrogen) atoms. The van der Waals surface area contributed by atoms with E-state index in [1.54, 1.807) is 6.92 Å². The van der Waals surface area contributed by atoms with Gasteiger partial charge in [-0.1, -0.05) is 6.07 Å². The van der Waals surface area contributed by atoms with Crippen molar-refractivity contribution in [3.63, 3.8) is 0 Å². The molecule has 0 spiro atoms. The number of fused-ring (bicyclic) bond motifs is 1. The van der Waals surface area contributed by atoms with Crippen LogP contribution in [0.2, 0.25) is 0 Å². The summed E-state index contributed by atoms with van der Waals surface area (Å²) in [6.45, 7) is 5.69. The van der Waals surface area contributed by atoms with Crippen LogP contribution in [0, 0.1) is 13.8 Å². The number of aliphatic hydroxyl groups excluding tert-OH is 1. The molecule has 0 aliphatic rings. The number of benzene rings is 1. The van der Waals surface area contributed by atoms with E-state index < -0.39 is 6.10 Å².